The van der Waals surface area contributed by atoms with E-state index in [9.17, 15) is 9.90 Å². The van der Waals surface area contributed by atoms with Crippen LogP contribution >= 0.6 is 35.0 Å². The molecule has 2 N–H and O–H groups in total. The van der Waals surface area contributed by atoms with Crippen LogP contribution in [0, 0.1) is 0 Å². The highest BCUT2D eigenvalue weighted by molar-refractivity contribution is 7.99. The third-order valence-corrected chi connectivity index (χ3v) is 4.48. The number of anilines is 2. The highest BCUT2D eigenvalue weighted by Crippen LogP contribution is 2.37. The van der Waals surface area contributed by atoms with Gasteiger partial charge in [-0.3, -0.25) is 4.79 Å². The fourth-order valence-electron chi connectivity index (χ4n) is 1.95. The number of nitrogens with one attached hydrogen (secondary N) is 1. The number of aliphatic carboxylic acids is 1. The molecule has 1 unspecified atom stereocenters. The monoisotopic (exact) mass is 341 g/mol. The van der Waals surface area contributed by atoms with E-state index in [0.717, 1.165) is 0 Å². The van der Waals surface area contributed by atoms with Crippen LogP contribution in [0.2, 0.25) is 10.0 Å². The van der Waals surface area contributed by atoms with E-state index in [1.54, 1.807) is 42.7 Å². The van der Waals surface area contributed by atoms with E-state index in [1.807, 2.05) is 6.07 Å². The maximum Gasteiger partial charge on any atom is 0.321 e. The van der Waals surface area contributed by atoms with E-state index in [0.29, 0.717) is 27.0 Å². The summed E-state index contributed by atoms with van der Waals surface area (Å²) in [6, 6.07) is 12.4. The van der Waals surface area contributed by atoms with Crippen molar-refractivity contribution in [2.45, 2.75) is 5.25 Å². The lowest BCUT2D eigenvalue weighted by molar-refractivity contribution is -0.136. The Morgan fingerprint density at radius 3 is 2.33 bits per heavy atom. The molecule has 0 aliphatic heterocycles. The average Bonchev–Trinajstić information content (AvgIpc) is 2.45. The van der Waals surface area contributed by atoms with Gasteiger partial charge in [0, 0.05) is 5.69 Å². The minimum absolute atomic E-state index is 0.480. The minimum atomic E-state index is -0.887. The molecule has 1 atom stereocenters. The maximum atomic E-state index is 11.4. The molecule has 2 aromatic rings. The van der Waals surface area contributed by atoms with Gasteiger partial charge in [-0.05, 0) is 30.0 Å². The summed E-state index contributed by atoms with van der Waals surface area (Å²) in [6.07, 6.45) is 1.76. The molecule has 0 bridgehead atoms. The number of carbonyl (C=O) groups is 1. The Labute approximate surface area is 137 Å². The summed E-state index contributed by atoms with van der Waals surface area (Å²) < 4.78 is 0. The molecule has 0 aliphatic rings. The molecule has 110 valence electrons. The van der Waals surface area contributed by atoms with Crippen molar-refractivity contribution in [2.24, 2.45) is 0 Å². The Bertz CT molecular complexity index is 644. The summed E-state index contributed by atoms with van der Waals surface area (Å²) in [5.41, 5.74) is 1.92. The van der Waals surface area contributed by atoms with Gasteiger partial charge in [0.2, 0.25) is 0 Å². The van der Waals surface area contributed by atoms with Crippen LogP contribution in [0.3, 0.4) is 0 Å². The topological polar surface area (TPSA) is 49.3 Å². The molecule has 6 heteroatoms. The van der Waals surface area contributed by atoms with Crippen LogP contribution in [0.15, 0.2) is 42.5 Å². The van der Waals surface area contributed by atoms with Gasteiger partial charge < -0.3 is 10.4 Å². The highest BCUT2D eigenvalue weighted by Gasteiger charge is 2.21. The van der Waals surface area contributed by atoms with Gasteiger partial charge >= 0.3 is 5.97 Å². The second-order valence-corrected chi connectivity index (χ2v) is 6.02. The molecule has 0 heterocycles. The summed E-state index contributed by atoms with van der Waals surface area (Å²) in [6.45, 7) is 0. The summed E-state index contributed by atoms with van der Waals surface area (Å²) >= 11 is 13.5. The molecule has 0 aromatic heterocycles. The normalized spacial score (nSPS) is 12.0. The van der Waals surface area contributed by atoms with Gasteiger partial charge in [0.15, 0.2) is 0 Å². The maximum absolute atomic E-state index is 11.4. The van der Waals surface area contributed by atoms with Crippen molar-refractivity contribution in [3.05, 3.63) is 58.1 Å². The van der Waals surface area contributed by atoms with Crippen LogP contribution in [0.25, 0.3) is 0 Å². The number of carboxylic acids is 1. The molecule has 2 rings (SSSR count). The number of benzene rings is 2. The number of carboxylic acid groups (broad SMARTS) is 1. The van der Waals surface area contributed by atoms with Crippen molar-refractivity contribution in [3.8, 4) is 0 Å². The Kier molecular flexibility index (Phi) is 5.39. The fraction of sp³-hybridized carbons (Fsp3) is 0.133. The third-order valence-electron chi connectivity index (χ3n) is 2.93. The van der Waals surface area contributed by atoms with Gasteiger partial charge in [-0.1, -0.05) is 47.5 Å². The van der Waals surface area contributed by atoms with Crippen LogP contribution in [-0.2, 0) is 4.79 Å². The zero-order valence-electron chi connectivity index (χ0n) is 11.1. The Balaban J connectivity index is 2.44. The number of halogens is 2. The van der Waals surface area contributed by atoms with Crippen LogP contribution in [0.5, 0.6) is 0 Å². The van der Waals surface area contributed by atoms with Gasteiger partial charge in [0.1, 0.15) is 5.25 Å². The van der Waals surface area contributed by atoms with Gasteiger partial charge in [-0.2, -0.15) is 0 Å². The molecular formula is C15H13Cl2NO2S. The molecule has 0 saturated heterocycles. The first-order chi connectivity index (χ1) is 10.0. The summed E-state index contributed by atoms with van der Waals surface area (Å²) in [4.78, 5) is 11.4. The van der Waals surface area contributed by atoms with Crippen molar-refractivity contribution in [1.29, 1.82) is 0 Å². The second kappa shape index (κ2) is 7.07. The number of hydrogen-bond donors (Lipinski definition) is 2. The Morgan fingerprint density at radius 2 is 1.76 bits per heavy atom. The number of thioether (sulfide) groups is 1. The molecule has 0 saturated carbocycles. The zero-order valence-corrected chi connectivity index (χ0v) is 13.5. The molecule has 0 radical (unpaired) electrons. The van der Waals surface area contributed by atoms with Gasteiger partial charge in [0.05, 0.1) is 15.7 Å². The average molecular weight is 342 g/mol. The van der Waals surface area contributed by atoms with Gasteiger partial charge in [-0.15, -0.1) is 11.8 Å². The predicted octanol–water partition coefficient (Wildman–Crippen LogP) is 5.23. The lowest BCUT2D eigenvalue weighted by Gasteiger charge is -2.17. The van der Waals surface area contributed by atoms with E-state index < -0.39 is 11.2 Å². The molecule has 3 nitrogen and oxygen atoms in total. The molecule has 21 heavy (non-hydrogen) atoms. The Hall–Kier alpha value is -1.36. The van der Waals surface area contributed by atoms with Gasteiger partial charge in [0.25, 0.3) is 0 Å². The quantitative estimate of drug-likeness (QED) is 0.782. The second-order valence-electron chi connectivity index (χ2n) is 4.26. The van der Waals surface area contributed by atoms with Crippen molar-refractivity contribution < 1.29 is 9.90 Å². The molecular weight excluding hydrogens is 329 g/mol. The lowest BCUT2D eigenvalue weighted by atomic mass is 10.1. The first-order valence-electron chi connectivity index (χ1n) is 6.10. The van der Waals surface area contributed by atoms with Crippen molar-refractivity contribution in [2.75, 3.05) is 11.6 Å². The molecule has 0 spiro atoms. The van der Waals surface area contributed by atoms with E-state index >= 15 is 0 Å². The number of rotatable bonds is 5. The molecule has 0 fully saturated rings. The summed E-state index contributed by atoms with van der Waals surface area (Å²) in [7, 11) is 0. The predicted molar refractivity (Wildman–Crippen MR) is 90.1 cm³/mol. The Morgan fingerprint density at radius 1 is 1.14 bits per heavy atom. The molecule has 2 aromatic carbocycles. The van der Waals surface area contributed by atoms with Crippen LogP contribution in [0.4, 0.5) is 11.4 Å². The van der Waals surface area contributed by atoms with Gasteiger partial charge in [-0.25, -0.2) is 0 Å². The molecule has 0 amide bonds. The van der Waals surface area contributed by atoms with Crippen molar-refractivity contribution in [3.63, 3.8) is 0 Å². The SMILES string of the molecule is CSC(C(=O)O)c1ccccc1Nc1c(Cl)cccc1Cl. The standard InChI is InChI=1S/C15H13Cl2NO2S/c1-21-14(15(19)20)9-5-2-3-8-12(9)18-13-10(16)6-4-7-11(13)17/h2-8,14,18H,1H3,(H,19,20). The first-order valence-corrected chi connectivity index (χ1v) is 8.14. The third kappa shape index (κ3) is 3.64. The van der Waals surface area contributed by atoms with Crippen LogP contribution in [0.1, 0.15) is 10.8 Å². The number of hydrogen-bond acceptors (Lipinski definition) is 3. The van der Waals surface area contributed by atoms with Crippen LogP contribution < -0.4 is 5.32 Å². The van der Waals surface area contributed by atoms with Crippen molar-refractivity contribution in [1.82, 2.24) is 0 Å². The molecule has 0 aliphatic carbocycles. The fourth-order valence-corrected chi connectivity index (χ4v) is 3.11. The lowest BCUT2D eigenvalue weighted by Crippen LogP contribution is -2.09. The smallest absolute Gasteiger partial charge is 0.321 e. The summed E-state index contributed by atoms with van der Waals surface area (Å²) in [5, 5.41) is 12.8. The minimum Gasteiger partial charge on any atom is -0.480 e. The van der Waals surface area contributed by atoms with E-state index in [2.05, 4.69) is 5.32 Å². The largest absolute Gasteiger partial charge is 0.480 e. The van der Waals surface area contributed by atoms with Crippen molar-refractivity contribution >= 4 is 52.3 Å². The van der Waals surface area contributed by atoms with E-state index in [1.165, 1.54) is 11.8 Å². The first kappa shape index (κ1) is 16.0. The number of para-hydroxylation sites is 2. The van der Waals surface area contributed by atoms with E-state index in [-0.39, 0.29) is 0 Å². The summed E-state index contributed by atoms with van der Waals surface area (Å²) in [5.74, 6) is -0.887. The zero-order chi connectivity index (χ0) is 15.4. The highest BCUT2D eigenvalue weighted by atomic mass is 35.5. The van der Waals surface area contributed by atoms with Crippen LogP contribution in [-0.4, -0.2) is 17.3 Å². The van der Waals surface area contributed by atoms with E-state index in [4.69, 9.17) is 23.2 Å².